The molecule has 32 heavy (non-hydrogen) atoms. The van der Waals surface area contributed by atoms with Gasteiger partial charge < -0.3 is 14.2 Å². The minimum Gasteiger partial charge on any atom is -0.497 e. The molecule has 0 radical (unpaired) electrons. The summed E-state index contributed by atoms with van der Waals surface area (Å²) < 4.78 is 38.0. The van der Waals surface area contributed by atoms with Gasteiger partial charge in [-0.2, -0.15) is 9.29 Å². The van der Waals surface area contributed by atoms with Crippen LogP contribution in [0, 0.1) is 6.92 Å². The van der Waals surface area contributed by atoms with E-state index in [4.69, 9.17) is 9.26 Å². The number of hydrogen-bond donors (Lipinski definition) is 0. The van der Waals surface area contributed by atoms with Crippen LogP contribution in [0.15, 0.2) is 52.0 Å². The lowest BCUT2D eigenvalue weighted by atomic mass is 9.84. The maximum Gasteiger partial charge on any atom is 0.324 e. The number of hydrogen-bond acceptors (Lipinski definition) is 8. The van der Waals surface area contributed by atoms with Crippen molar-refractivity contribution in [2.75, 3.05) is 38.2 Å². The summed E-state index contributed by atoms with van der Waals surface area (Å²) >= 11 is 0. The molecule has 0 unspecified atom stereocenters. The zero-order valence-electron chi connectivity index (χ0n) is 18.6. The number of benzene rings is 1. The zero-order chi connectivity index (χ0) is 22.9. The first-order chi connectivity index (χ1) is 15.2. The number of anilines is 1. The zero-order valence-corrected chi connectivity index (χ0v) is 19.5. The molecule has 1 aromatic carbocycles. The van der Waals surface area contributed by atoms with Gasteiger partial charge in [-0.05, 0) is 62.7 Å². The van der Waals surface area contributed by atoms with Crippen molar-refractivity contribution in [1.82, 2.24) is 19.4 Å². The van der Waals surface area contributed by atoms with E-state index in [9.17, 15) is 8.42 Å². The molecule has 0 spiro atoms. The van der Waals surface area contributed by atoms with E-state index in [0.29, 0.717) is 43.8 Å². The molecule has 0 aliphatic carbocycles. The Morgan fingerprint density at radius 2 is 1.75 bits per heavy atom. The Morgan fingerprint density at radius 1 is 1.06 bits per heavy atom. The summed E-state index contributed by atoms with van der Waals surface area (Å²) in [6, 6.07) is 10.8. The number of ether oxygens (including phenoxy) is 1. The van der Waals surface area contributed by atoms with E-state index < -0.39 is 15.4 Å². The Balaban J connectivity index is 1.45. The predicted octanol–water partition coefficient (Wildman–Crippen LogP) is 2.62. The van der Waals surface area contributed by atoms with E-state index in [1.165, 1.54) is 4.31 Å². The quantitative estimate of drug-likeness (QED) is 0.557. The van der Waals surface area contributed by atoms with Crippen LogP contribution in [0.4, 0.5) is 6.01 Å². The highest BCUT2D eigenvalue weighted by Crippen LogP contribution is 2.31. The second-order valence-electron chi connectivity index (χ2n) is 8.28. The first kappa shape index (κ1) is 22.2. The Kier molecular flexibility index (Phi) is 5.91. The number of aromatic nitrogens is 3. The van der Waals surface area contributed by atoms with Gasteiger partial charge >= 0.3 is 6.01 Å². The van der Waals surface area contributed by atoms with Crippen LogP contribution in [-0.4, -0.2) is 61.1 Å². The smallest absolute Gasteiger partial charge is 0.324 e. The van der Waals surface area contributed by atoms with Crippen LogP contribution >= 0.6 is 0 Å². The minimum atomic E-state index is -3.57. The molecule has 0 atom stereocenters. The summed E-state index contributed by atoms with van der Waals surface area (Å²) in [5.74, 6) is 1.19. The summed E-state index contributed by atoms with van der Waals surface area (Å²) in [7, 11) is -2.03. The number of nitrogens with zero attached hydrogens (tertiary/aromatic N) is 5. The van der Waals surface area contributed by atoms with E-state index in [0.717, 1.165) is 11.3 Å². The van der Waals surface area contributed by atoms with Gasteiger partial charge in [0.2, 0.25) is 10.0 Å². The van der Waals surface area contributed by atoms with Gasteiger partial charge in [0, 0.05) is 38.1 Å². The number of aryl methyl sites for hydroxylation is 1. The predicted molar refractivity (Wildman–Crippen MR) is 119 cm³/mol. The minimum absolute atomic E-state index is 0.251. The van der Waals surface area contributed by atoms with E-state index in [2.05, 4.69) is 15.1 Å². The molecule has 10 heteroatoms. The van der Waals surface area contributed by atoms with Gasteiger partial charge in [0.05, 0.1) is 17.4 Å². The second-order valence-corrected chi connectivity index (χ2v) is 10.2. The van der Waals surface area contributed by atoms with Crippen molar-refractivity contribution in [2.24, 2.45) is 0 Å². The van der Waals surface area contributed by atoms with Crippen molar-refractivity contribution in [3.63, 3.8) is 0 Å². The molecule has 1 aliphatic heterocycles. The second kappa shape index (κ2) is 8.51. The molecule has 1 aliphatic rings. The van der Waals surface area contributed by atoms with Crippen molar-refractivity contribution in [3.8, 4) is 5.75 Å². The van der Waals surface area contributed by atoms with E-state index in [-0.39, 0.29) is 4.90 Å². The number of methoxy groups -OCH3 is 1. The van der Waals surface area contributed by atoms with Crippen LogP contribution in [0.2, 0.25) is 0 Å². The van der Waals surface area contributed by atoms with Crippen molar-refractivity contribution >= 4 is 16.0 Å². The standard InChI is InChI=1S/C22H27N5O4S/c1-16-15-17(9-10-23-16)22(2,3)20-24-21(31-25-20)26-11-13-27(14-12-26)32(28,29)19-7-5-18(30-4)6-8-19/h5-10,15H,11-14H2,1-4H3. The van der Waals surface area contributed by atoms with Crippen LogP contribution in [0.1, 0.15) is 30.9 Å². The fourth-order valence-corrected chi connectivity index (χ4v) is 5.10. The molecule has 4 rings (SSSR count). The highest BCUT2D eigenvalue weighted by Gasteiger charge is 2.33. The molecule has 1 saturated heterocycles. The van der Waals surface area contributed by atoms with Gasteiger partial charge in [-0.15, -0.1) is 0 Å². The summed E-state index contributed by atoms with van der Waals surface area (Å²) in [6.07, 6.45) is 1.77. The molecular formula is C22H27N5O4S. The SMILES string of the molecule is COc1ccc(S(=O)(=O)N2CCN(c3nc(C(C)(C)c4ccnc(C)c4)no3)CC2)cc1. The van der Waals surface area contributed by atoms with Gasteiger partial charge in [0.1, 0.15) is 5.75 Å². The number of pyridine rings is 1. The molecule has 2 aromatic heterocycles. The maximum atomic E-state index is 13.0. The maximum absolute atomic E-state index is 13.0. The third-order valence-electron chi connectivity index (χ3n) is 5.80. The number of rotatable bonds is 6. The van der Waals surface area contributed by atoms with Crippen LogP contribution in [0.3, 0.4) is 0 Å². The largest absolute Gasteiger partial charge is 0.497 e. The highest BCUT2D eigenvalue weighted by molar-refractivity contribution is 7.89. The van der Waals surface area contributed by atoms with E-state index in [1.807, 2.05) is 37.8 Å². The van der Waals surface area contributed by atoms with Crippen LogP contribution < -0.4 is 9.64 Å². The number of piperazine rings is 1. The molecule has 9 nitrogen and oxygen atoms in total. The summed E-state index contributed by atoms with van der Waals surface area (Å²) in [6.45, 7) is 7.61. The Bertz CT molecular complexity index is 1180. The first-order valence-corrected chi connectivity index (χ1v) is 11.8. The van der Waals surface area contributed by atoms with E-state index in [1.54, 1.807) is 37.6 Å². The molecule has 0 saturated carbocycles. The third kappa shape index (κ3) is 4.20. The van der Waals surface area contributed by atoms with Gasteiger partial charge in [-0.25, -0.2) is 8.42 Å². The summed E-state index contributed by atoms with van der Waals surface area (Å²) in [5.41, 5.74) is 1.52. The lowest BCUT2D eigenvalue weighted by molar-refractivity contribution is 0.351. The van der Waals surface area contributed by atoms with Crippen molar-refractivity contribution in [1.29, 1.82) is 0 Å². The lowest BCUT2D eigenvalue weighted by Gasteiger charge is -2.32. The average Bonchev–Trinajstić information content (AvgIpc) is 3.30. The monoisotopic (exact) mass is 457 g/mol. The van der Waals surface area contributed by atoms with Crippen LogP contribution in [0.5, 0.6) is 5.75 Å². The molecular weight excluding hydrogens is 430 g/mol. The molecule has 0 N–H and O–H groups in total. The van der Waals surface area contributed by atoms with Crippen molar-refractivity contribution in [2.45, 2.75) is 31.1 Å². The fourth-order valence-electron chi connectivity index (χ4n) is 3.68. The lowest BCUT2D eigenvalue weighted by Crippen LogP contribution is -2.48. The molecule has 3 aromatic rings. The number of sulfonamides is 1. The highest BCUT2D eigenvalue weighted by atomic mass is 32.2. The molecule has 170 valence electrons. The topological polar surface area (TPSA) is 102 Å². The first-order valence-electron chi connectivity index (χ1n) is 10.4. The molecule has 1 fully saturated rings. The Hall–Kier alpha value is -2.98. The molecule has 3 heterocycles. The normalized spacial score (nSPS) is 15.7. The van der Waals surface area contributed by atoms with Gasteiger partial charge in [0.25, 0.3) is 0 Å². The average molecular weight is 458 g/mol. The fraction of sp³-hybridized carbons (Fsp3) is 0.409. The van der Waals surface area contributed by atoms with Crippen molar-refractivity contribution in [3.05, 3.63) is 59.7 Å². The molecule has 0 bridgehead atoms. The van der Waals surface area contributed by atoms with Crippen LogP contribution in [0.25, 0.3) is 0 Å². The summed E-state index contributed by atoms with van der Waals surface area (Å²) in [4.78, 5) is 11.0. The molecule has 0 amide bonds. The van der Waals surface area contributed by atoms with Gasteiger partial charge in [-0.1, -0.05) is 5.16 Å². The van der Waals surface area contributed by atoms with Crippen molar-refractivity contribution < 1.29 is 17.7 Å². The van der Waals surface area contributed by atoms with Crippen LogP contribution in [-0.2, 0) is 15.4 Å². The Labute approximate surface area is 188 Å². The Morgan fingerprint density at radius 3 is 2.38 bits per heavy atom. The van der Waals surface area contributed by atoms with Gasteiger partial charge in [-0.3, -0.25) is 4.98 Å². The van der Waals surface area contributed by atoms with E-state index >= 15 is 0 Å². The summed E-state index contributed by atoms with van der Waals surface area (Å²) in [5, 5.41) is 4.21. The van der Waals surface area contributed by atoms with Gasteiger partial charge in [0.15, 0.2) is 5.82 Å². The third-order valence-corrected chi connectivity index (χ3v) is 7.71.